The Morgan fingerprint density at radius 3 is 2.40 bits per heavy atom. The molecule has 2 fully saturated rings. The Balaban J connectivity index is 1.37. The molecule has 3 aliphatic heterocycles. The zero-order chi connectivity index (χ0) is 31.7. The van der Waals surface area contributed by atoms with Gasteiger partial charge >= 0.3 is 0 Å². The number of carbonyl (C=O) groups excluding carboxylic acids is 3. The largest absolute Gasteiger partial charge is 0.508 e. The second kappa shape index (κ2) is 12.3. The molecule has 11 heteroatoms. The molecule has 0 aliphatic carbocycles. The molecule has 3 aromatic carbocycles. The van der Waals surface area contributed by atoms with Gasteiger partial charge in [-0.05, 0) is 46.9 Å². The molecule has 0 unspecified atom stereocenters. The maximum absolute atomic E-state index is 14.2. The minimum absolute atomic E-state index is 0.000918. The van der Waals surface area contributed by atoms with Crippen LogP contribution in [0.15, 0.2) is 102 Å². The first kappa shape index (κ1) is 30.3. The van der Waals surface area contributed by atoms with Crippen molar-refractivity contribution >= 4 is 33.1 Å². The van der Waals surface area contributed by atoms with Crippen molar-refractivity contribution in [2.24, 2.45) is 0 Å². The number of sulfone groups is 1. The summed E-state index contributed by atoms with van der Waals surface area (Å²) in [6, 6.07) is 21.8. The van der Waals surface area contributed by atoms with E-state index in [2.05, 4.69) is 6.58 Å². The molecule has 10 nitrogen and oxygen atoms in total. The SMILES string of the molecule is C=CCN1CC(=O)N2[C@@H](Cc3ccc(O)cc3)C(=O)N(CC3=CS(=O)(=O)c4ccccc43)C[C@@H]2N1C(=O)CCc1ccccc1. The Kier molecular flexibility index (Phi) is 8.30. The van der Waals surface area contributed by atoms with Crippen LogP contribution in [0.3, 0.4) is 0 Å². The highest BCUT2D eigenvalue weighted by Gasteiger charge is 2.51. The van der Waals surface area contributed by atoms with Crippen molar-refractivity contribution in [1.82, 2.24) is 19.8 Å². The molecule has 2 saturated heterocycles. The van der Waals surface area contributed by atoms with Crippen LogP contribution in [0.25, 0.3) is 5.57 Å². The predicted molar refractivity (Wildman–Crippen MR) is 168 cm³/mol. The number of benzene rings is 3. The Morgan fingerprint density at radius 2 is 1.67 bits per heavy atom. The van der Waals surface area contributed by atoms with Gasteiger partial charge in [-0.15, -0.1) is 6.58 Å². The van der Waals surface area contributed by atoms with Crippen LogP contribution < -0.4 is 0 Å². The van der Waals surface area contributed by atoms with Crippen molar-refractivity contribution in [1.29, 1.82) is 0 Å². The van der Waals surface area contributed by atoms with E-state index < -0.39 is 22.0 Å². The zero-order valence-corrected chi connectivity index (χ0v) is 25.5. The minimum Gasteiger partial charge on any atom is -0.508 e. The number of phenolic OH excluding ortho intramolecular Hbond substituents is 1. The van der Waals surface area contributed by atoms with Gasteiger partial charge in [0.1, 0.15) is 18.0 Å². The first-order chi connectivity index (χ1) is 21.7. The number of carbonyl (C=O) groups is 3. The number of rotatable bonds is 9. The fourth-order valence-electron chi connectivity index (χ4n) is 6.39. The number of phenols is 1. The van der Waals surface area contributed by atoms with E-state index in [4.69, 9.17) is 0 Å². The van der Waals surface area contributed by atoms with Gasteiger partial charge in [-0.2, -0.15) is 0 Å². The van der Waals surface area contributed by atoms with E-state index in [-0.39, 0.29) is 67.4 Å². The summed E-state index contributed by atoms with van der Waals surface area (Å²) in [6.07, 6.45) is 1.65. The van der Waals surface area contributed by atoms with Gasteiger partial charge in [0.15, 0.2) is 0 Å². The van der Waals surface area contributed by atoms with Gasteiger partial charge in [-0.3, -0.25) is 14.4 Å². The number of hydrogen-bond donors (Lipinski definition) is 1. The molecule has 1 N–H and O–H groups in total. The summed E-state index contributed by atoms with van der Waals surface area (Å²) in [7, 11) is -3.67. The van der Waals surface area contributed by atoms with Gasteiger partial charge in [0, 0.05) is 31.3 Å². The van der Waals surface area contributed by atoms with Gasteiger partial charge in [-0.1, -0.05) is 66.7 Å². The molecule has 3 heterocycles. The van der Waals surface area contributed by atoms with Crippen molar-refractivity contribution < 1.29 is 27.9 Å². The van der Waals surface area contributed by atoms with E-state index in [1.54, 1.807) is 57.4 Å². The van der Waals surface area contributed by atoms with Crippen molar-refractivity contribution in [3.05, 3.63) is 114 Å². The van der Waals surface area contributed by atoms with E-state index >= 15 is 0 Å². The third-order valence-electron chi connectivity index (χ3n) is 8.46. The molecule has 3 aliphatic rings. The highest BCUT2D eigenvalue weighted by molar-refractivity contribution is 7.95. The Morgan fingerprint density at radius 1 is 0.956 bits per heavy atom. The summed E-state index contributed by atoms with van der Waals surface area (Å²) in [5.41, 5.74) is 2.74. The molecular weight excluding hydrogens is 592 g/mol. The van der Waals surface area contributed by atoms with E-state index in [1.165, 1.54) is 22.4 Å². The fourth-order valence-corrected chi connectivity index (χ4v) is 7.87. The summed E-state index contributed by atoms with van der Waals surface area (Å²) < 4.78 is 25.8. The number of piperazine rings is 1. The molecule has 0 radical (unpaired) electrons. The summed E-state index contributed by atoms with van der Waals surface area (Å²) in [4.78, 5) is 45.2. The standard InChI is InChI=1S/C34H34N4O6S/c1-2-18-36-22-33(41)37-29(19-25-12-15-27(39)16-13-25)34(42)35(20-26-23-45(43,44)30-11-7-6-10-28(26)30)21-31(37)38(36)32(40)17-14-24-8-4-3-5-9-24/h2-13,15-16,23,29,31,39H,1,14,17-22H2/t29-,31-/m0/s1. The van der Waals surface area contributed by atoms with E-state index in [0.29, 0.717) is 17.6 Å². The second-order valence-electron chi connectivity index (χ2n) is 11.4. The lowest BCUT2D eigenvalue weighted by Crippen LogP contribution is -2.76. The Hall–Kier alpha value is -4.74. The number of fused-ring (bicyclic) bond motifs is 2. The van der Waals surface area contributed by atoms with Crippen molar-refractivity contribution in [2.45, 2.75) is 36.4 Å². The fraction of sp³-hybridized carbons (Fsp3) is 0.265. The number of aryl methyl sites for hydroxylation is 1. The summed E-state index contributed by atoms with van der Waals surface area (Å²) in [6.45, 7) is 3.97. The molecule has 3 aromatic rings. The van der Waals surface area contributed by atoms with Crippen LogP contribution in [0.2, 0.25) is 0 Å². The third kappa shape index (κ3) is 6.01. The van der Waals surface area contributed by atoms with Crippen LogP contribution in [0.4, 0.5) is 0 Å². The van der Waals surface area contributed by atoms with E-state index in [0.717, 1.165) is 11.1 Å². The van der Waals surface area contributed by atoms with E-state index in [9.17, 15) is 27.9 Å². The summed E-state index contributed by atoms with van der Waals surface area (Å²) in [5, 5.41) is 14.3. The molecule has 2 atom stereocenters. The normalized spacial score (nSPS) is 20.9. The average Bonchev–Trinajstić information content (AvgIpc) is 3.29. The van der Waals surface area contributed by atoms with Crippen LogP contribution in [0, 0.1) is 0 Å². The highest BCUT2D eigenvalue weighted by Crippen LogP contribution is 2.36. The molecule has 6 rings (SSSR count). The van der Waals surface area contributed by atoms with Gasteiger partial charge in [0.05, 0.1) is 18.0 Å². The third-order valence-corrected chi connectivity index (χ3v) is 10.0. The van der Waals surface area contributed by atoms with Gasteiger partial charge < -0.3 is 14.9 Å². The Labute approximate surface area is 262 Å². The van der Waals surface area contributed by atoms with Gasteiger partial charge in [0.25, 0.3) is 0 Å². The zero-order valence-electron chi connectivity index (χ0n) is 24.7. The lowest BCUT2D eigenvalue weighted by Gasteiger charge is -2.55. The minimum atomic E-state index is -3.67. The van der Waals surface area contributed by atoms with Crippen LogP contribution in [-0.2, 0) is 37.1 Å². The first-order valence-electron chi connectivity index (χ1n) is 14.8. The van der Waals surface area contributed by atoms with E-state index in [1.807, 2.05) is 30.3 Å². The van der Waals surface area contributed by atoms with Crippen molar-refractivity contribution in [2.75, 3.05) is 26.2 Å². The molecule has 3 amide bonds. The number of aromatic hydroxyl groups is 1. The quantitative estimate of drug-likeness (QED) is 0.363. The molecule has 0 spiro atoms. The number of hydrogen-bond acceptors (Lipinski definition) is 7. The first-order valence-corrected chi connectivity index (χ1v) is 16.4. The van der Waals surface area contributed by atoms with Gasteiger partial charge in [0.2, 0.25) is 27.6 Å². The number of hydrazine groups is 1. The summed E-state index contributed by atoms with van der Waals surface area (Å²) >= 11 is 0. The van der Waals surface area contributed by atoms with Crippen LogP contribution in [-0.4, -0.2) is 89.5 Å². The molecule has 0 bridgehead atoms. The smallest absolute Gasteiger partial charge is 0.246 e. The van der Waals surface area contributed by atoms with Crippen molar-refractivity contribution in [3.63, 3.8) is 0 Å². The highest BCUT2D eigenvalue weighted by atomic mass is 32.2. The van der Waals surface area contributed by atoms with Gasteiger partial charge in [-0.25, -0.2) is 18.4 Å². The van der Waals surface area contributed by atoms with Crippen LogP contribution >= 0.6 is 0 Å². The lowest BCUT2D eigenvalue weighted by atomic mass is 9.97. The maximum Gasteiger partial charge on any atom is 0.246 e. The topological polar surface area (TPSA) is 119 Å². The maximum atomic E-state index is 14.2. The average molecular weight is 627 g/mol. The second-order valence-corrected chi connectivity index (χ2v) is 13.2. The number of nitrogens with zero attached hydrogens (tertiary/aromatic N) is 4. The monoisotopic (exact) mass is 626 g/mol. The molecule has 0 saturated carbocycles. The Bertz CT molecular complexity index is 1770. The summed E-state index contributed by atoms with van der Waals surface area (Å²) in [5.74, 6) is -0.762. The lowest BCUT2D eigenvalue weighted by molar-refractivity contribution is -0.204. The molecule has 232 valence electrons. The molecule has 45 heavy (non-hydrogen) atoms. The molecular formula is C34H34N4O6S. The predicted octanol–water partition coefficient (Wildman–Crippen LogP) is 3.01. The van der Waals surface area contributed by atoms with Crippen LogP contribution in [0.5, 0.6) is 5.75 Å². The van der Waals surface area contributed by atoms with Crippen molar-refractivity contribution in [3.8, 4) is 5.75 Å². The number of amides is 3. The molecule has 0 aromatic heterocycles. The van der Waals surface area contributed by atoms with Crippen LogP contribution in [0.1, 0.15) is 23.1 Å².